The Balaban J connectivity index is 3.47. The number of aromatic hydroxyl groups is 1. The fourth-order valence-electron chi connectivity index (χ4n) is 1.07. The maximum atomic E-state index is 11.3. The molecule has 0 spiro atoms. The molecule has 70 valence electrons. The third-order valence-corrected chi connectivity index (χ3v) is 1.66. The number of rotatable bonds is 1. The number of hydrogen-bond acceptors (Lipinski definition) is 4. The molecule has 1 heterocycles. The summed E-state index contributed by atoms with van der Waals surface area (Å²) in [5.41, 5.74) is 0.164. The Morgan fingerprint density at radius 2 is 2.23 bits per heavy atom. The number of H-pyrrole nitrogens is 1. The number of pyridine rings is 1. The largest absolute Gasteiger partial charge is 0.507 e. The molecule has 0 saturated carbocycles. The van der Waals surface area contributed by atoms with Gasteiger partial charge in [0, 0.05) is 5.69 Å². The Hall–Kier alpha value is -1.78. The minimum Gasteiger partial charge on any atom is -0.507 e. The molecule has 5 heteroatoms. The highest BCUT2D eigenvalue weighted by Gasteiger charge is 2.10. The van der Waals surface area contributed by atoms with Crippen molar-refractivity contribution < 1.29 is 10.3 Å². The molecule has 0 saturated heterocycles. The van der Waals surface area contributed by atoms with Crippen molar-refractivity contribution in [1.29, 1.82) is 0 Å². The number of nitrogens with one attached hydrogen (secondary N) is 1. The van der Waals surface area contributed by atoms with Gasteiger partial charge in [-0.3, -0.25) is 4.79 Å². The van der Waals surface area contributed by atoms with E-state index < -0.39 is 5.56 Å². The van der Waals surface area contributed by atoms with Gasteiger partial charge in [0.15, 0.2) is 0 Å². The van der Waals surface area contributed by atoms with Crippen LogP contribution in [0.1, 0.15) is 18.2 Å². The molecule has 0 radical (unpaired) electrons. The number of aromatic nitrogens is 1. The van der Waals surface area contributed by atoms with Crippen molar-refractivity contribution in [2.45, 2.75) is 13.8 Å². The van der Waals surface area contributed by atoms with E-state index in [-0.39, 0.29) is 17.0 Å². The lowest BCUT2D eigenvalue weighted by Crippen LogP contribution is -2.17. The fourth-order valence-corrected chi connectivity index (χ4v) is 1.07. The van der Waals surface area contributed by atoms with Gasteiger partial charge >= 0.3 is 0 Å². The molecular weight excluding hydrogens is 172 g/mol. The van der Waals surface area contributed by atoms with Gasteiger partial charge in [-0.25, -0.2) is 0 Å². The quantitative estimate of drug-likeness (QED) is 0.337. The topological polar surface area (TPSA) is 85.7 Å². The molecule has 0 bridgehead atoms. The van der Waals surface area contributed by atoms with Crippen LogP contribution < -0.4 is 5.56 Å². The van der Waals surface area contributed by atoms with E-state index in [1.165, 1.54) is 13.0 Å². The lowest BCUT2D eigenvalue weighted by atomic mass is 10.1. The normalized spacial score (nSPS) is 11.7. The Morgan fingerprint density at radius 3 is 2.69 bits per heavy atom. The van der Waals surface area contributed by atoms with Gasteiger partial charge in [0.25, 0.3) is 5.56 Å². The lowest BCUT2D eigenvalue weighted by molar-refractivity contribution is 0.318. The third-order valence-electron chi connectivity index (χ3n) is 1.66. The third kappa shape index (κ3) is 1.69. The van der Waals surface area contributed by atoms with Gasteiger partial charge < -0.3 is 15.3 Å². The molecule has 0 amide bonds. The summed E-state index contributed by atoms with van der Waals surface area (Å²) in [6.45, 7) is 3.08. The summed E-state index contributed by atoms with van der Waals surface area (Å²) in [5.74, 6) is -0.184. The molecule has 0 atom stereocenters. The van der Waals surface area contributed by atoms with Gasteiger partial charge in [0.2, 0.25) is 0 Å². The molecular formula is C8H10N2O3. The van der Waals surface area contributed by atoms with Crippen molar-refractivity contribution >= 4 is 5.71 Å². The van der Waals surface area contributed by atoms with Crippen LogP contribution in [0, 0.1) is 6.92 Å². The highest BCUT2D eigenvalue weighted by molar-refractivity contribution is 6.00. The van der Waals surface area contributed by atoms with Crippen LogP contribution in [0.15, 0.2) is 16.0 Å². The van der Waals surface area contributed by atoms with Crippen molar-refractivity contribution in [3.05, 3.63) is 27.7 Å². The second kappa shape index (κ2) is 3.30. The number of aryl methyl sites for hydroxylation is 1. The first kappa shape index (κ1) is 9.31. The first-order chi connectivity index (χ1) is 6.06. The molecule has 0 unspecified atom stereocenters. The number of oxime groups is 1. The van der Waals surface area contributed by atoms with Crippen LogP contribution in [0.2, 0.25) is 0 Å². The molecule has 0 aliphatic heterocycles. The molecule has 1 aromatic rings. The first-order valence-corrected chi connectivity index (χ1v) is 3.68. The highest BCUT2D eigenvalue weighted by atomic mass is 16.4. The molecule has 0 aromatic carbocycles. The molecule has 13 heavy (non-hydrogen) atoms. The van der Waals surface area contributed by atoms with Crippen molar-refractivity contribution in [3.63, 3.8) is 0 Å². The summed E-state index contributed by atoms with van der Waals surface area (Å²) in [7, 11) is 0. The minimum absolute atomic E-state index is 0.00639. The van der Waals surface area contributed by atoms with Crippen molar-refractivity contribution in [2.75, 3.05) is 0 Å². The fraction of sp³-hybridized carbons (Fsp3) is 0.250. The first-order valence-electron chi connectivity index (χ1n) is 3.68. The van der Waals surface area contributed by atoms with E-state index in [1.807, 2.05) is 0 Å². The standard InChI is InChI=1S/C8H10N2O3/c1-4-3-6(11)7(5(2)10-13)8(12)9-4/h3,13H,1-2H3,(H2,9,11,12)/b10-5+. The SMILES string of the molecule is C/C(=N\O)c1c(O)cc(C)[nH]c1=O. The zero-order valence-corrected chi connectivity index (χ0v) is 7.33. The molecule has 1 aromatic heterocycles. The average Bonchev–Trinajstić information content (AvgIpc) is 2.02. The van der Waals surface area contributed by atoms with Gasteiger partial charge in [-0.15, -0.1) is 0 Å². The zero-order chi connectivity index (χ0) is 10.0. The van der Waals surface area contributed by atoms with E-state index in [0.717, 1.165) is 0 Å². The highest BCUT2D eigenvalue weighted by Crippen LogP contribution is 2.13. The van der Waals surface area contributed by atoms with E-state index >= 15 is 0 Å². The van der Waals surface area contributed by atoms with E-state index in [4.69, 9.17) is 5.21 Å². The lowest BCUT2D eigenvalue weighted by Gasteiger charge is -2.01. The van der Waals surface area contributed by atoms with E-state index in [9.17, 15) is 9.90 Å². The van der Waals surface area contributed by atoms with Gasteiger partial charge in [-0.05, 0) is 19.9 Å². The molecule has 5 nitrogen and oxygen atoms in total. The average molecular weight is 182 g/mol. The van der Waals surface area contributed by atoms with Gasteiger partial charge in [-0.1, -0.05) is 5.16 Å². The second-order valence-electron chi connectivity index (χ2n) is 2.73. The van der Waals surface area contributed by atoms with Crippen LogP contribution in [-0.2, 0) is 0 Å². The van der Waals surface area contributed by atoms with Crippen molar-refractivity contribution in [1.82, 2.24) is 4.98 Å². The van der Waals surface area contributed by atoms with Crippen LogP contribution in [0.25, 0.3) is 0 Å². The molecule has 0 fully saturated rings. The predicted molar refractivity (Wildman–Crippen MR) is 47.5 cm³/mol. The summed E-state index contributed by atoms with van der Waals surface area (Å²) in [5, 5.41) is 20.6. The number of hydrogen-bond donors (Lipinski definition) is 3. The van der Waals surface area contributed by atoms with Gasteiger partial charge in [0.1, 0.15) is 11.3 Å². The van der Waals surface area contributed by atoms with Crippen molar-refractivity contribution in [3.8, 4) is 5.75 Å². The van der Waals surface area contributed by atoms with E-state index in [0.29, 0.717) is 5.69 Å². The summed E-state index contributed by atoms with van der Waals surface area (Å²) >= 11 is 0. The minimum atomic E-state index is -0.465. The monoisotopic (exact) mass is 182 g/mol. The van der Waals surface area contributed by atoms with Gasteiger partial charge in [-0.2, -0.15) is 0 Å². The molecule has 0 aliphatic carbocycles. The zero-order valence-electron chi connectivity index (χ0n) is 7.33. The Labute approximate surface area is 74.3 Å². The summed E-state index contributed by atoms with van der Waals surface area (Å²) in [6, 6.07) is 1.39. The Kier molecular flexibility index (Phi) is 2.36. The second-order valence-corrected chi connectivity index (χ2v) is 2.73. The van der Waals surface area contributed by atoms with Gasteiger partial charge in [0.05, 0.1) is 5.71 Å². The number of aromatic amines is 1. The maximum Gasteiger partial charge on any atom is 0.261 e. The maximum absolute atomic E-state index is 11.3. The van der Waals surface area contributed by atoms with E-state index in [2.05, 4.69) is 10.1 Å². The summed E-state index contributed by atoms with van der Waals surface area (Å²) in [6.07, 6.45) is 0. The Bertz CT molecular complexity index is 406. The Morgan fingerprint density at radius 1 is 1.62 bits per heavy atom. The molecule has 3 N–H and O–H groups in total. The van der Waals surface area contributed by atoms with E-state index in [1.54, 1.807) is 6.92 Å². The smallest absolute Gasteiger partial charge is 0.261 e. The van der Waals surface area contributed by atoms with Crippen LogP contribution in [0.4, 0.5) is 0 Å². The summed E-state index contributed by atoms with van der Waals surface area (Å²) in [4.78, 5) is 13.7. The van der Waals surface area contributed by atoms with Crippen LogP contribution in [0.5, 0.6) is 5.75 Å². The molecule has 0 aliphatic rings. The molecule has 1 rings (SSSR count). The van der Waals surface area contributed by atoms with Crippen LogP contribution in [-0.4, -0.2) is 21.0 Å². The number of nitrogens with zero attached hydrogens (tertiary/aromatic N) is 1. The summed E-state index contributed by atoms with van der Waals surface area (Å²) < 4.78 is 0. The predicted octanol–water partition coefficient (Wildman–Crippen LogP) is 0.587. The van der Waals surface area contributed by atoms with Crippen molar-refractivity contribution in [2.24, 2.45) is 5.16 Å². The van der Waals surface area contributed by atoms with Crippen LogP contribution >= 0.6 is 0 Å². The van der Waals surface area contributed by atoms with Crippen LogP contribution in [0.3, 0.4) is 0 Å².